The Morgan fingerprint density at radius 1 is 0.558 bits per heavy atom. The van der Waals surface area contributed by atoms with E-state index in [0.29, 0.717) is 18.9 Å². The smallest absolute Gasteiger partial charge is 0.233 e. The number of hydrogen-bond donors (Lipinski definition) is 1. The van der Waals surface area contributed by atoms with Crippen LogP contribution in [0.3, 0.4) is 0 Å². The third kappa shape index (κ3) is 21.5. The second-order valence-electron chi connectivity index (χ2n) is 13.9. The lowest BCUT2D eigenvalue weighted by Gasteiger charge is -2.23. The van der Waals surface area contributed by atoms with E-state index in [1.165, 1.54) is 154 Å². The molecule has 1 atom stereocenters. The molecule has 4 nitrogen and oxygen atoms in total. The molecule has 0 radical (unpaired) electrons. The molecule has 43 heavy (non-hydrogen) atoms. The molecule has 254 valence electrons. The normalized spacial score (nSPS) is 15.4. The van der Waals surface area contributed by atoms with Gasteiger partial charge in [-0.1, -0.05) is 175 Å². The van der Waals surface area contributed by atoms with Gasteiger partial charge in [-0.25, -0.2) is 0 Å². The van der Waals surface area contributed by atoms with Crippen molar-refractivity contribution in [2.45, 2.75) is 207 Å². The summed E-state index contributed by atoms with van der Waals surface area (Å²) in [5.74, 6) is 0.584. The lowest BCUT2D eigenvalue weighted by molar-refractivity contribution is -0.140. The zero-order chi connectivity index (χ0) is 31.2. The molecule has 1 rings (SSSR count). The summed E-state index contributed by atoms with van der Waals surface area (Å²) >= 11 is 0. The van der Waals surface area contributed by atoms with Crippen LogP contribution in [0, 0.1) is 11.8 Å². The van der Waals surface area contributed by atoms with E-state index in [2.05, 4.69) is 26.1 Å². The molecule has 1 aliphatic rings. The summed E-state index contributed by atoms with van der Waals surface area (Å²) in [6.45, 7) is 9.25. The van der Waals surface area contributed by atoms with Crippen LogP contribution in [0.15, 0.2) is 0 Å². The highest BCUT2D eigenvalue weighted by Crippen LogP contribution is 2.34. The summed E-state index contributed by atoms with van der Waals surface area (Å²) in [4.78, 5) is 27.9. The summed E-state index contributed by atoms with van der Waals surface area (Å²) in [6.07, 6.45) is 37.4. The van der Waals surface area contributed by atoms with Gasteiger partial charge in [0.25, 0.3) is 0 Å². The number of rotatable bonds is 33. The predicted molar refractivity (Wildman–Crippen MR) is 187 cm³/mol. The van der Waals surface area contributed by atoms with Crippen molar-refractivity contribution in [3.8, 4) is 0 Å². The Balaban J connectivity index is 2.35. The van der Waals surface area contributed by atoms with Crippen molar-refractivity contribution in [2.24, 2.45) is 11.8 Å². The van der Waals surface area contributed by atoms with Crippen LogP contribution >= 0.6 is 0 Å². The first-order valence-electron chi connectivity index (χ1n) is 19.7. The molecule has 1 N–H and O–H groups in total. The van der Waals surface area contributed by atoms with Crippen molar-refractivity contribution >= 4 is 11.8 Å². The summed E-state index contributed by atoms with van der Waals surface area (Å²) in [6, 6.07) is 0. The van der Waals surface area contributed by atoms with E-state index in [4.69, 9.17) is 0 Å². The van der Waals surface area contributed by atoms with E-state index < -0.39 is 0 Å². The molecule has 4 heteroatoms. The van der Waals surface area contributed by atoms with Crippen LogP contribution in [-0.2, 0) is 9.59 Å². The van der Waals surface area contributed by atoms with E-state index >= 15 is 0 Å². The number of likely N-dealkylation sites (tertiary alicyclic amines) is 1. The molecule has 0 aliphatic carbocycles. The third-order valence-electron chi connectivity index (χ3n) is 9.94. The number of carbonyl (C=O) groups is 2. The molecular formula is C39H76N2O2. The van der Waals surface area contributed by atoms with Gasteiger partial charge in [0.2, 0.25) is 11.8 Å². The SMILES string of the molecule is CCCCCCCCCCCCCCC(CCCCCCCCCCCCCC)C1CC(=O)N(CCCCNCC)C1=O. The van der Waals surface area contributed by atoms with Crippen LogP contribution in [-0.4, -0.2) is 36.3 Å². The monoisotopic (exact) mass is 605 g/mol. The van der Waals surface area contributed by atoms with Crippen LogP contribution in [0.2, 0.25) is 0 Å². The van der Waals surface area contributed by atoms with E-state index in [9.17, 15) is 9.59 Å². The van der Waals surface area contributed by atoms with Crippen molar-refractivity contribution in [2.75, 3.05) is 19.6 Å². The Morgan fingerprint density at radius 3 is 1.35 bits per heavy atom. The number of nitrogens with zero attached hydrogens (tertiary/aromatic N) is 1. The molecule has 0 aromatic heterocycles. The van der Waals surface area contributed by atoms with E-state index in [0.717, 1.165) is 38.8 Å². The molecule has 1 fully saturated rings. The fourth-order valence-electron chi connectivity index (χ4n) is 7.05. The molecule has 0 aromatic carbocycles. The van der Waals surface area contributed by atoms with Gasteiger partial charge in [-0.3, -0.25) is 14.5 Å². The minimum atomic E-state index is -0.0540. The highest BCUT2D eigenvalue weighted by Gasteiger charge is 2.41. The first-order valence-corrected chi connectivity index (χ1v) is 19.7. The van der Waals surface area contributed by atoms with Crippen LogP contribution in [0.1, 0.15) is 207 Å². The summed E-state index contributed by atoms with van der Waals surface area (Å²) in [5.41, 5.74) is 0. The van der Waals surface area contributed by atoms with Gasteiger partial charge in [0.1, 0.15) is 0 Å². The molecule has 1 unspecified atom stereocenters. The number of imide groups is 1. The Morgan fingerprint density at radius 2 is 0.953 bits per heavy atom. The molecule has 0 bridgehead atoms. The maximum atomic E-state index is 13.4. The standard InChI is InChI=1S/C39H76N2O2/c1-4-7-9-11-13-15-17-19-21-23-25-27-31-36(32-28-26-24-22-20-18-16-14-12-10-8-5-2)37-35-38(42)41(39(37)43)34-30-29-33-40-6-3/h36-37,40H,4-35H2,1-3H3. The quantitative estimate of drug-likeness (QED) is 0.0599. The van der Waals surface area contributed by atoms with Crippen LogP contribution in [0.5, 0.6) is 0 Å². The molecule has 1 aliphatic heterocycles. The topological polar surface area (TPSA) is 49.4 Å². The fourth-order valence-corrected chi connectivity index (χ4v) is 7.05. The number of amides is 2. The van der Waals surface area contributed by atoms with Crippen LogP contribution < -0.4 is 5.32 Å². The third-order valence-corrected chi connectivity index (χ3v) is 9.94. The first kappa shape index (κ1) is 40.1. The first-order chi connectivity index (χ1) is 21.2. The molecule has 2 amide bonds. The van der Waals surface area contributed by atoms with Crippen molar-refractivity contribution in [3.05, 3.63) is 0 Å². The minimum absolute atomic E-state index is 0.0540. The van der Waals surface area contributed by atoms with E-state index in [1.807, 2.05) is 0 Å². The Bertz CT molecular complexity index is 609. The average Bonchev–Trinajstić information content (AvgIpc) is 3.29. The molecule has 1 saturated heterocycles. The lowest BCUT2D eigenvalue weighted by atomic mass is 9.82. The van der Waals surface area contributed by atoms with Crippen molar-refractivity contribution < 1.29 is 9.59 Å². The Kier molecular flexibility index (Phi) is 27.8. The highest BCUT2D eigenvalue weighted by atomic mass is 16.2. The van der Waals surface area contributed by atoms with Crippen molar-refractivity contribution in [1.82, 2.24) is 10.2 Å². The number of unbranched alkanes of at least 4 members (excludes halogenated alkanes) is 23. The van der Waals surface area contributed by atoms with Crippen molar-refractivity contribution in [3.63, 3.8) is 0 Å². The van der Waals surface area contributed by atoms with Gasteiger partial charge in [0, 0.05) is 13.0 Å². The van der Waals surface area contributed by atoms with Gasteiger partial charge in [-0.2, -0.15) is 0 Å². The van der Waals surface area contributed by atoms with E-state index in [-0.39, 0.29) is 17.7 Å². The summed E-state index contributed by atoms with van der Waals surface area (Å²) in [5, 5.41) is 3.35. The largest absolute Gasteiger partial charge is 0.317 e. The average molecular weight is 605 g/mol. The summed E-state index contributed by atoms with van der Waals surface area (Å²) in [7, 11) is 0. The predicted octanol–water partition coefficient (Wildman–Crippen LogP) is 11.5. The van der Waals surface area contributed by atoms with Gasteiger partial charge >= 0.3 is 0 Å². The highest BCUT2D eigenvalue weighted by molar-refractivity contribution is 6.03. The van der Waals surface area contributed by atoms with Gasteiger partial charge in [-0.15, -0.1) is 0 Å². The second-order valence-corrected chi connectivity index (χ2v) is 13.9. The zero-order valence-electron chi connectivity index (χ0n) is 29.5. The van der Waals surface area contributed by atoms with Gasteiger partial charge < -0.3 is 5.32 Å². The van der Waals surface area contributed by atoms with Gasteiger partial charge in [-0.05, 0) is 44.7 Å². The Hall–Kier alpha value is -0.900. The van der Waals surface area contributed by atoms with Gasteiger partial charge in [0.05, 0.1) is 5.92 Å². The molecule has 0 aromatic rings. The number of carbonyl (C=O) groups excluding carboxylic acids is 2. The Labute approximate surface area is 269 Å². The van der Waals surface area contributed by atoms with Crippen LogP contribution in [0.4, 0.5) is 0 Å². The molecule has 0 saturated carbocycles. The number of nitrogens with one attached hydrogen (secondary N) is 1. The fraction of sp³-hybridized carbons (Fsp3) is 0.949. The maximum absolute atomic E-state index is 13.4. The lowest BCUT2D eigenvalue weighted by Crippen LogP contribution is -2.33. The van der Waals surface area contributed by atoms with Crippen molar-refractivity contribution in [1.29, 1.82) is 0 Å². The zero-order valence-corrected chi connectivity index (χ0v) is 29.5. The minimum Gasteiger partial charge on any atom is -0.317 e. The molecule has 0 spiro atoms. The summed E-state index contributed by atoms with van der Waals surface area (Å²) < 4.78 is 0. The van der Waals surface area contributed by atoms with Gasteiger partial charge in [0.15, 0.2) is 0 Å². The second kappa shape index (κ2) is 29.8. The van der Waals surface area contributed by atoms with E-state index in [1.54, 1.807) is 4.90 Å². The molecule has 1 heterocycles. The number of hydrogen-bond acceptors (Lipinski definition) is 3. The molecular weight excluding hydrogens is 528 g/mol. The van der Waals surface area contributed by atoms with Crippen LogP contribution in [0.25, 0.3) is 0 Å². The maximum Gasteiger partial charge on any atom is 0.233 e.